The van der Waals surface area contributed by atoms with Crippen molar-refractivity contribution in [1.29, 1.82) is 0 Å². The molecule has 0 bridgehead atoms. The summed E-state index contributed by atoms with van der Waals surface area (Å²) in [6, 6.07) is 22.5. The predicted molar refractivity (Wildman–Crippen MR) is 172 cm³/mol. The highest BCUT2D eigenvalue weighted by atomic mass is 32.2. The number of halogens is 4. The van der Waals surface area contributed by atoms with Crippen molar-refractivity contribution in [1.82, 2.24) is 5.32 Å². The van der Waals surface area contributed by atoms with E-state index in [0.29, 0.717) is 27.6 Å². The van der Waals surface area contributed by atoms with Crippen LogP contribution in [0.1, 0.15) is 54.6 Å². The van der Waals surface area contributed by atoms with Gasteiger partial charge in [-0.2, -0.15) is 0 Å². The van der Waals surface area contributed by atoms with Crippen molar-refractivity contribution in [3.05, 3.63) is 131 Å². The molecule has 46 heavy (non-hydrogen) atoms. The Balaban J connectivity index is 1.53. The summed E-state index contributed by atoms with van der Waals surface area (Å²) in [5, 5.41) is 6.48. The van der Waals surface area contributed by atoms with E-state index in [4.69, 9.17) is 0 Å². The molecule has 3 amide bonds. The first-order chi connectivity index (χ1) is 22.0. The Kier molecular flexibility index (Phi) is 11.4. The van der Waals surface area contributed by atoms with Crippen LogP contribution in [-0.2, 0) is 9.59 Å². The highest BCUT2D eigenvalue weighted by Crippen LogP contribution is 2.30. The van der Waals surface area contributed by atoms with Crippen LogP contribution in [-0.4, -0.2) is 23.0 Å². The van der Waals surface area contributed by atoms with Gasteiger partial charge >= 0.3 is 0 Å². The lowest BCUT2D eigenvalue weighted by Crippen LogP contribution is -2.30. The topological polar surface area (TPSA) is 87.3 Å². The second-order valence-corrected chi connectivity index (χ2v) is 11.8. The Morgan fingerprint density at radius 3 is 2.07 bits per heavy atom. The molecule has 4 aromatic rings. The van der Waals surface area contributed by atoms with Crippen molar-refractivity contribution in [2.75, 3.05) is 10.6 Å². The SMILES string of the molecule is CCC(Sc1cccc(NC(=O)/C(=C\c2ccc(C(C)C)cc2)NC(=O)c2ccccc2)c1)C(=O)Nc1c(F)c(F)cc(F)c1F. The fourth-order valence-electron chi connectivity index (χ4n) is 4.30. The van der Waals surface area contributed by atoms with Gasteiger partial charge in [0.1, 0.15) is 11.4 Å². The summed E-state index contributed by atoms with van der Waals surface area (Å²) >= 11 is 1.02. The first-order valence-electron chi connectivity index (χ1n) is 14.4. The number of carbonyl (C=O) groups is 3. The molecule has 0 aliphatic heterocycles. The van der Waals surface area contributed by atoms with Gasteiger partial charge in [-0.15, -0.1) is 11.8 Å². The zero-order chi connectivity index (χ0) is 33.4. The van der Waals surface area contributed by atoms with E-state index >= 15 is 0 Å². The first kappa shape index (κ1) is 34.0. The van der Waals surface area contributed by atoms with E-state index in [9.17, 15) is 31.9 Å². The molecule has 6 nitrogen and oxygen atoms in total. The second-order valence-electron chi connectivity index (χ2n) is 10.5. The zero-order valence-corrected chi connectivity index (χ0v) is 26.0. The van der Waals surface area contributed by atoms with Gasteiger partial charge in [0.05, 0.1) is 5.25 Å². The molecule has 0 fully saturated rings. The molecule has 4 aromatic carbocycles. The summed E-state index contributed by atoms with van der Waals surface area (Å²) in [5.41, 5.74) is 1.28. The number of rotatable bonds is 11. The average molecular weight is 650 g/mol. The molecule has 0 aliphatic rings. The smallest absolute Gasteiger partial charge is 0.272 e. The standard InChI is InChI=1S/C35H31F4N3O3S/c1-4-29(35(45)42-32-30(38)26(36)19-27(37)31(32)39)46-25-12-8-11-24(18-25)40-34(44)28(41-33(43)23-9-6-5-7-10-23)17-21-13-15-22(16-14-21)20(2)3/h5-20,29H,4H2,1-3H3,(H,40,44)(H,41,43)(H,42,45)/b28-17+. The van der Waals surface area contributed by atoms with E-state index in [0.717, 1.165) is 17.3 Å². The molecular weight excluding hydrogens is 618 g/mol. The van der Waals surface area contributed by atoms with Crippen LogP contribution in [0, 0.1) is 23.3 Å². The zero-order valence-electron chi connectivity index (χ0n) is 25.2. The first-order valence-corrected chi connectivity index (χ1v) is 15.2. The van der Waals surface area contributed by atoms with Gasteiger partial charge in [0.25, 0.3) is 11.8 Å². The summed E-state index contributed by atoms with van der Waals surface area (Å²) in [7, 11) is 0. The number of carbonyl (C=O) groups excluding carboxylic acids is 3. The maximum atomic E-state index is 14.1. The molecule has 0 saturated heterocycles. The molecule has 0 radical (unpaired) electrons. The number of anilines is 2. The number of thioether (sulfide) groups is 1. The van der Waals surface area contributed by atoms with Gasteiger partial charge in [0.2, 0.25) is 5.91 Å². The second kappa shape index (κ2) is 15.4. The van der Waals surface area contributed by atoms with Crippen LogP contribution in [0.2, 0.25) is 0 Å². The maximum Gasteiger partial charge on any atom is 0.272 e. The minimum Gasteiger partial charge on any atom is -0.321 e. The van der Waals surface area contributed by atoms with Crippen LogP contribution >= 0.6 is 11.8 Å². The lowest BCUT2D eigenvalue weighted by molar-refractivity contribution is -0.116. The van der Waals surface area contributed by atoms with Crippen molar-refractivity contribution < 1.29 is 31.9 Å². The van der Waals surface area contributed by atoms with Crippen LogP contribution in [0.15, 0.2) is 95.5 Å². The van der Waals surface area contributed by atoms with E-state index in [-0.39, 0.29) is 18.2 Å². The Morgan fingerprint density at radius 2 is 1.46 bits per heavy atom. The summed E-state index contributed by atoms with van der Waals surface area (Å²) in [4.78, 5) is 39.8. The van der Waals surface area contributed by atoms with E-state index in [1.165, 1.54) is 0 Å². The van der Waals surface area contributed by atoms with Gasteiger partial charge < -0.3 is 16.0 Å². The molecule has 0 aliphatic carbocycles. The third kappa shape index (κ3) is 8.63. The van der Waals surface area contributed by atoms with E-state index < -0.39 is 51.9 Å². The molecule has 1 atom stereocenters. The van der Waals surface area contributed by atoms with Crippen LogP contribution < -0.4 is 16.0 Å². The minimum absolute atomic E-state index is 0.0126. The van der Waals surface area contributed by atoms with Crippen molar-refractivity contribution in [2.45, 2.75) is 43.3 Å². The highest BCUT2D eigenvalue weighted by molar-refractivity contribution is 8.00. The normalized spacial score (nSPS) is 12.0. The van der Waals surface area contributed by atoms with Gasteiger partial charge in [-0.1, -0.05) is 69.3 Å². The number of hydrogen-bond donors (Lipinski definition) is 3. The molecule has 238 valence electrons. The van der Waals surface area contributed by atoms with Crippen LogP contribution in [0.5, 0.6) is 0 Å². The van der Waals surface area contributed by atoms with Crippen molar-refractivity contribution in [3.63, 3.8) is 0 Å². The maximum absolute atomic E-state index is 14.1. The summed E-state index contributed by atoms with van der Waals surface area (Å²) in [5.74, 6) is -8.35. The number of hydrogen-bond acceptors (Lipinski definition) is 4. The summed E-state index contributed by atoms with van der Waals surface area (Å²) in [6.07, 6.45) is 1.76. The molecule has 3 N–H and O–H groups in total. The van der Waals surface area contributed by atoms with Crippen molar-refractivity contribution >= 4 is 46.9 Å². The predicted octanol–water partition coefficient (Wildman–Crippen LogP) is 8.29. The van der Waals surface area contributed by atoms with Gasteiger partial charge in [-0.25, -0.2) is 17.6 Å². The van der Waals surface area contributed by atoms with E-state index in [2.05, 4.69) is 24.5 Å². The Labute approximate surface area is 268 Å². The lowest BCUT2D eigenvalue weighted by atomic mass is 10.0. The molecule has 0 saturated carbocycles. The average Bonchev–Trinajstić information content (AvgIpc) is 3.05. The van der Waals surface area contributed by atoms with Gasteiger partial charge in [0.15, 0.2) is 23.3 Å². The quantitative estimate of drug-likeness (QED) is 0.0661. The van der Waals surface area contributed by atoms with Gasteiger partial charge in [-0.3, -0.25) is 14.4 Å². The lowest BCUT2D eigenvalue weighted by Gasteiger charge is -2.17. The number of amides is 3. The molecular formula is C35H31F4N3O3S. The van der Waals surface area contributed by atoms with Gasteiger partial charge in [-0.05, 0) is 59.9 Å². The molecule has 4 rings (SSSR count). The fourth-order valence-corrected chi connectivity index (χ4v) is 5.32. The van der Waals surface area contributed by atoms with Gasteiger partial charge in [0, 0.05) is 22.2 Å². The van der Waals surface area contributed by atoms with Crippen LogP contribution in [0.3, 0.4) is 0 Å². The molecule has 0 spiro atoms. The fraction of sp³-hybridized carbons (Fsp3) is 0.171. The highest BCUT2D eigenvalue weighted by Gasteiger charge is 2.25. The summed E-state index contributed by atoms with van der Waals surface area (Å²) < 4.78 is 55.5. The monoisotopic (exact) mass is 649 g/mol. The van der Waals surface area contributed by atoms with E-state index in [1.807, 2.05) is 29.6 Å². The molecule has 0 aromatic heterocycles. The van der Waals surface area contributed by atoms with Crippen molar-refractivity contribution in [2.24, 2.45) is 0 Å². The Bertz CT molecular complexity index is 1740. The summed E-state index contributed by atoms with van der Waals surface area (Å²) in [6.45, 7) is 5.79. The third-order valence-corrected chi connectivity index (χ3v) is 8.19. The molecule has 11 heteroatoms. The van der Waals surface area contributed by atoms with Crippen LogP contribution in [0.25, 0.3) is 6.08 Å². The Hall–Kier alpha value is -4.90. The van der Waals surface area contributed by atoms with E-state index in [1.54, 1.807) is 67.6 Å². The number of nitrogens with one attached hydrogen (secondary N) is 3. The largest absolute Gasteiger partial charge is 0.321 e. The molecule has 0 heterocycles. The van der Waals surface area contributed by atoms with Crippen LogP contribution in [0.4, 0.5) is 28.9 Å². The molecule has 1 unspecified atom stereocenters. The minimum atomic E-state index is -1.71. The third-order valence-electron chi connectivity index (χ3n) is 6.84. The Morgan fingerprint density at radius 1 is 0.804 bits per heavy atom. The van der Waals surface area contributed by atoms with Crippen molar-refractivity contribution in [3.8, 4) is 0 Å². The number of benzene rings is 4.